The molecule has 2 amide bonds. The standard InChI is InChI=1S/C22H30N4O2/c1-15-9-16(2)11-18(10-15)21(28)25-8-6-7-17(13-25)20(27)24-19-12-23-26(14-19)22(3,4)5/h9-12,14,17H,6-8,13H2,1-5H3,(H,24,27). The maximum absolute atomic E-state index is 12.9. The first-order chi connectivity index (χ1) is 13.1. The Hall–Kier alpha value is -2.63. The fourth-order valence-corrected chi connectivity index (χ4v) is 3.65. The lowest BCUT2D eigenvalue weighted by atomic mass is 9.96. The minimum atomic E-state index is -0.207. The molecule has 2 aromatic rings. The lowest BCUT2D eigenvalue weighted by Gasteiger charge is -2.32. The molecule has 0 bridgehead atoms. The quantitative estimate of drug-likeness (QED) is 0.879. The molecule has 1 aromatic heterocycles. The van der Waals surface area contributed by atoms with Crippen molar-refractivity contribution in [1.82, 2.24) is 14.7 Å². The second kappa shape index (κ2) is 7.78. The van der Waals surface area contributed by atoms with Crippen LogP contribution in [0.2, 0.25) is 0 Å². The van der Waals surface area contributed by atoms with Crippen LogP contribution < -0.4 is 5.32 Å². The van der Waals surface area contributed by atoms with Gasteiger partial charge in [-0.3, -0.25) is 14.3 Å². The predicted molar refractivity (Wildman–Crippen MR) is 110 cm³/mol. The molecule has 1 saturated heterocycles. The minimum Gasteiger partial charge on any atom is -0.338 e. The summed E-state index contributed by atoms with van der Waals surface area (Å²) in [5.74, 6) is -0.252. The number of aryl methyl sites for hydroxylation is 2. The average Bonchev–Trinajstić information content (AvgIpc) is 3.09. The van der Waals surface area contributed by atoms with E-state index >= 15 is 0 Å². The molecular weight excluding hydrogens is 352 g/mol. The highest BCUT2D eigenvalue weighted by atomic mass is 16.2. The molecule has 6 heteroatoms. The summed E-state index contributed by atoms with van der Waals surface area (Å²) in [6.07, 6.45) is 5.13. The van der Waals surface area contributed by atoms with Crippen LogP contribution in [0.5, 0.6) is 0 Å². The molecule has 0 aliphatic carbocycles. The Balaban J connectivity index is 1.66. The molecule has 2 heterocycles. The molecule has 1 atom stereocenters. The van der Waals surface area contributed by atoms with Crippen LogP contribution in [0.25, 0.3) is 0 Å². The molecule has 0 saturated carbocycles. The highest BCUT2D eigenvalue weighted by molar-refractivity contribution is 5.96. The number of anilines is 1. The number of benzene rings is 1. The number of carbonyl (C=O) groups is 2. The van der Waals surface area contributed by atoms with Gasteiger partial charge < -0.3 is 10.2 Å². The molecule has 1 aliphatic rings. The zero-order valence-corrected chi connectivity index (χ0v) is 17.5. The van der Waals surface area contributed by atoms with Crippen LogP contribution in [0.1, 0.15) is 55.1 Å². The number of nitrogens with one attached hydrogen (secondary N) is 1. The molecule has 6 nitrogen and oxygen atoms in total. The number of nitrogens with zero attached hydrogens (tertiary/aromatic N) is 3. The maximum atomic E-state index is 12.9. The highest BCUT2D eigenvalue weighted by Crippen LogP contribution is 2.22. The summed E-state index contributed by atoms with van der Waals surface area (Å²) < 4.78 is 1.83. The van der Waals surface area contributed by atoms with Gasteiger partial charge in [-0.05, 0) is 59.6 Å². The van der Waals surface area contributed by atoms with Crippen LogP contribution in [0.4, 0.5) is 5.69 Å². The van der Waals surface area contributed by atoms with E-state index in [2.05, 4.69) is 37.3 Å². The topological polar surface area (TPSA) is 67.2 Å². The van der Waals surface area contributed by atoms with Gasteiger partial charge in [0.05, 0.1) is 23.3 Å². The highest BCUT2D eigenvalue weighted by Gasteiger charge is 2.29. The third-order valence-electron chi connectivity index (χ3n) is 5.09. The van der Waals surface area contributed by atoms with Crippen molar-refractivity contribution in [2.45, 2.75) is 53.0 Å². The fourth-order valence-electron chi connectivity index (χ4n) is 3.65. The number of hydrogen-bond donors (Lipinski definition) is 1. The van der Waals surface area contributed by atoms with E-state index in [1.807, 2.05) is 36.9 Å². The second-order valence-electron chi connectivity index (χ2n) is 8.80. The first-order valence-corrected chi connectivity index (χ1v) is 9.87. The average molecular weight is 383 g/mol. The van der Waals surface area contributed by atoms with Gasteiger partial charge in [-0.2, -0.15) is 5.10 Å². The van der Waals surface area contributed by atoms with Crippen molar-refractivity contribution in [3.8, 4) is 0 Å². The van der Waals surface area contributed by atoms with Crippen molar-refractivity contribution in [2.24, 2.45) is 5.92 Å². The lowest BCUT2D eigenvalue weighted by Crippen LogP contribution is -2.43. The zero-order chi connectivity index (χ0) is 20.5. The van der Waals surface area contributed by atoms with Crippen LogP contribution in [0.3, 0.4) is 0 Å². The Morgan fingerprint density at radius 3 is 2.43 bits per heavy atom. The van der Waals surface area contributed by atoms with Gasteiger partial charge in [0.2, 0.25) is 5.91 Å². The molecule has 0 spiro atoms. The van der Waals surface area contributed by atoms with Gasteiger partial charge in [0, 0.05) is 24.8 Å². The van der Waals surface area contributed by atoms with Crippen molar-refractivity contribution in [1.29, 1.82) is 0 Å². The number of carbonyl (C=O) groups excluding carboxylic acids is 2. The third-order valence-corrected chi connectivity index (χ3v) is 5.09. The van der Waals surface area contributed by atoms with E-state index in [4.69, 9.17) is 0 Å². The van der Waals surface area contributed by atoms with Gasteiger partial charge in [0.15, 0.2) is 0 Å². The van der Waals surface area contributed by atoms with Crippen LogP contribution in [0, 0.1) is 19.8 Å². The number of amides is 2. The van der Waals surface area contributed by atoms with Crippen molar-refractivity contribution in [3.63, 3.8) is 0 Å². The van der Waals surface area contributed by atoms with E-state index in [0.29, 0.717) is 24.3 Å². The van der Waals surface area contributed by atoms with Crippen LogP contribution in [-0.2, 0) is 10.3 Å². The summed E-state index contributed by atoms with van der Waals surface area (Å²) in [7, 11) is 0. The molecule has 28 heavy (non-hydrogen) atoms. The van der Waals surface area contributed by atoms with Crippen molar-refractivity contribution < 1.29 is 9.59 Å². The lowest BCUT2D eigenvalue weighted by molar-refractivity contribution is -0.121. The van der Waals surface area contributed by atoms with E-state index in [1.165, 1.54) is 0 Å². The summed E-state index contributed by atoms with van der Waals surface area (Å²) in [5.41, 5.74) is 3.40. The van der Waals surface area contributed by atoms with E-state index in [0.717, 1.165) is 24.0 Å². The minimum absolute atomic E-state index is 0.00449. The number of aromatic nitrogens is 2. The molecule has 1 unspecified atom stereocenters. The Morgan fingerprint density at radius 2 is 1.82 bits per heavy atom. The van der Waals surface area contributed by atoms with Gasteiger partial charge in [0.25, 0.3) is 5.91 Å². The van der Waals surface area contributed by atoms with Crippen LogP contribution >= 0.6 is 0 Å². The fraction of sp³-hybridized carbons (Fsp3) is 0.500. The first-order valence-electron chi connectivity index (χ1n) is 9.87. The molecule has 1 fully saturated rings. The predicted octanol–water partition coefficient (Wildman–Crippen LogP) is 3.75. The van der Waals surface area contributed by atoms with Crippen LogP contribution in [-0.4, -0.2) is 39.6 Å². The van der Waals surface area contributed by atoms with E-state index in [9.17, 15) is 9.59 Å². The molecule has 0 radical (unpaired) electrons. The first kappa shape index (κ1) is 20.1. The molecule has 1 aliphatic heterocycles. The molecule has 1 aromatic carbocycles. The van der Waals surface area contributed by atoms with Crippen molar-refractivity contribution in [2.75, 3.05) is 18.4 Å². The zero-order valence-electron chi connectivity index (χ0n) is 17.5. The second-order valence-corrected chi connectivity index (χ2v) is 8.80. The maximum Gasteiger partial charge on any atom is 0.253 e. The molecular formula is C22H30N4O2. The van der Waals surface area contributed by atoms with Crippen molar-refractivity contribution in [3.05, 3.63) is 47.3 Å². The summed E-state index contributed by atoms with van der Waals surface area (Å²) in [6, 6.07) is 5.89. The number of hydrogen-bond acceptors (Lipinski definition) is 3. The van der Waals surface area contributed by atoms with E-state index in [1.54, 1.807) is 11.1 Å². The summed E-state index contributed by atoms with van der Waals surface area (Å²) in [5, 5.41) is 7.28. The number of piperidine rings is 1. The molecule has 1 N–H and O–H groups in total. The third kappa shape index (κ3) is 4.61. The summed E-state index contributed by atoms with van der Waals surface area (Å²) in [6.45, 7) is 11.3. The molecule has 3 rings (SSSR count). The SMILES string of the molecule is Cc1cc(C)cc(C(=O)N2CCCC(C(=O)Nc3cnn(C(C)(C)C)c3)C2)c1. The van der Waals surface area contributed by atoms with Gasteiger partial charge >= 0.3 is 0 Å². The van der Waals surface area contributed by atoms with E-state index < -0.39 is 0 Å². The number of likely N-dealkylation sites (tertiary alicyclic amines) is 1. The smallest absolute Gasteiger partial charge is 0.253 e. The molecule has 150 valence electrons. The summed E-state index contributed by atoms with van der Waals surface area (Å²) in [4.78, 5) is 27.5. The van der Waals surface area contributed by atoms with Gasteiger partial charge in [-0.1, -0.05) is 17.2 Å². The van der Waals surface area contributed by atoms with Gasteiger partial charge in [0.1, 0.15) is 0 Å². The Bertz CT molecular complexity index is 859. The van der Waals surface area contributed by atoms with Gasteiger partial charge in [-0.25, -0.2) is 0 Å². The Kier molecular flexibility index (Phi) is 5.59. The van der Waals surface area contributed by atoms with Crippen molar-refractivity contribution >= 4 is 17.5 Å². The van der Waals surface area contributed by atoms with Crippen LogP contribution in [0.15, 0.2) is 30.6 Å². The number of rotatable bonds is 3. The van der Waals surface area contributed by atoms with Gasteiger partial charge in [-0.15, -0.1) is 0 Å². The monoisotopic (exact) mass is 382 g/mol. The normalized spacial score (nSPS) is 17.5. The Morgan fingerprint density at radius 1 is 1.14 bits per heavy atom. The largest absolute Gasteiger partial charge is 0.338 e. The Labute approximate surface area is 166 Å². The summed E-state index contributed by atoms with van der Waals surface area (Å²) >= 11 is 0. The van der Waals surface area contributed by atoms with E-state index in [-0.39, 0.29) is 23.3 Å².